The smallest absolute Gasteiger partial charge is 0.193 e. The van der Waals surface area contributed by atoms with Crippen molar-refractivity contribution < 1.29 is 5.11 Å². The second-order valence-electron chi connectivity index (χ2n) is 3.60. The lowest BCUT2D eigenvalue weighted by Crippen LogP contribution is -2.17. The average Bonchev–Trinajstić information content (AvgIpc) is 2.87. The van der Waals surface area contributed by atoms with Gasteiger partial charge in [0.15, 0.2) is 5.16 Å². The van der Waals surface area contributed by atoms with Crippen molar-refractivity contribution in [2.24, 2.45) is 0 Å². The zero-order valence-corrected chi connectivity index (χ0v) is 8.00. The molecule has 1 aromatic rings. The fourth-order valence-corrected chi connectivity index (χ4v) is 2.64. The fraction of sp³-hybridized carbons (Fsp3) is 0.750. The largest absolute Gasteiger partial charge is 0.373 e. The van der Waals surface area contributed by atoms with E-state index in [0.29, 0.717) is 5.92 Å². The number of aromatic nitrogens is 3. The monoisotopic (exact) mass is 197 g/mol. The van der Waals surface area contributed by atoms with E-state index in [1.54, 1.807) is 11.8 Å². The van der Waals surface area contributed by atoms with Gasteiger partial charge in [0.25, 0.3) is 0 Å². The van der Waals surface area contributed by atoms with Crippen LogP contribution in [0.1, 0.15) is 37.2 Å². The highest BCUT2D eigenvalue weighted by atomic mass is 32.2. The molecule has 0 radical (unpaired) electrons. The zero-order valence-electron chi connectivity index (χ0n) is 7.18. The highest BCUT2D eigenvalue weighted by molar-refractivity contribution is 7.99. The van der Waals surface area contributed by atoms with Gasteiger partial charge in [-0.1, -0.05) is 11.8 Å². The maximum atomic E-state index is 9.78. The van der Waals surface area contributed by atoms with Crippen LogP contribution in [-0.2, 0) is 0 Å². The van der Waals surface area contributed by atoms with Gasteiger partial charge in [-0.2, -0.15) is 0 Å². The summed E-state index contributed by atoms with van der Waals surface area (Å²) in [7, 11) is 0. The molecule has 1 atom stereocenters. The third-order valence-electron chi connectivity index (χ3n) is 2.54. The predicted molar refractivity (Wildman–Crippen MR) is 48.6 cm³/mol. The van der Waals surface area contributed by atoms with Crippen molar-refractivity contribution in [2.75, 3.05) is 5.75 Å². The number of aliphatic hydroxyl groups is 1. The third kappa shape index (κ3) is 1.18. The van der Waals surface area contributed by atoms with E-state index < -0.39 is 0 Å². The van der Waals surface area contributed by atoms with Gasteiger partial charge in [0.05, 0.1) is 0 Å². The van der Waals surface area contributed by atoms with Crippen LogP contribution in [0, 0.1) is 0 Å². The van der Waals surface area contributed by atoms with E-state index in [-0.39, 0.29) is 6.23 Å². The predicted octanol–water partition coefficient (Wildman–Crippen LogP) is 1.14. The number of hydrogen-bond acceptors (Lipinski definition) is 4. The van der Waals surface area contributed by atoms with E-state index in [0.717, 1.165) is 23.2 Å². The summed E-state index contributed by atoms with van der Waals surface area (Å²) in [5.41, 5.74) is 0. The Morgan fingerprint density at radius 3 is 2.92 bits per heavy atom. The molecule has 3 rings (SSSR count). The SMILES string of the molecule is OC1CCSc2nnc(C3CC3)n21. The van der Waals surface area contributed by atoms with Crippen LogP contribution in [0.5, 0.6) is 0 Å². The molecule has 1 aliphatic heterocycles. The summed E-state index contributed by atoms with van der Waals surface area (Å²) in [5, 5.41) is 18.9. The molecular weight excluding hydrogens is 186 g/mol. The molecule has 5 heteroatoms. The minimum atomic E-state index is -0.387. The summed E-state index contributed by atoms with van der Waals surface area (Å²) < 4.78 is 1.91. The Morgan fingerprint density at radius 1 is 1.31 bits per heavy atom. The Balaban J connectivity index is 2.06. The number of nitrogens with zero attached hydrogens (tertiary/aromatic N) is 3. The molecule has 2 aliphatic rings. The van der Waals surface area contributed by atoms with E-state index in [9.17, 15) is 5.11 Å². The molecule has 1 saturated carbocycles. The number of thioether (sulfide) groups is 1. The van der Waals surface area contributed by atoms with Gasteiger partial charge in [-0.25, -0.2) is 0 Å². The molecular formula is C8H11N3OS. The van der Waals surface area contributed by atoms with Gasteiger partial charge < -0.3 is 5.11 Å². The Hall–Kier alpha value is -0.550. The number of fused-ring (bicyclic) bond motifs is 1. The first-order valence-corrected chi connectivity index (χ1v) is 5.60. The highest BCUT2D eigenvalue weighted by Crippen LogP contribution is 2.42. The molecule has 2 heterocycles. The topological polar surface area (TPSA) is 50.9 Å². The molecule has 1 aliphatic carbocycles. The molecule has 13 heavy (non-hydrogen) atoms. The van der Waals surface area contributed by atoms with Crippen LogP contribution in [0.2, 0.25) is 0 Å². The van der Waals surface area contributed by atoms with Crippen molar-refractivity contribution in [3.63, 3.8) is 0 Å². The molecule has 4 nitrogen and oxygen atoms in total. The second-order valence-corrected chi connectivity index (χ2v) is 4.66. The average molecular weight is 197 g/mol. The minimum absolute atomic E-state index is 0.387. The van der Waals surface area contributed by atoms with Gasteiger partial charge >= 0.3 is 0 Å². The van der Waals surface area contributed by atoms with Crippen molar-refractivity contribution in [2.45, 2.75) is 36.6 Å². The van der Waals surface area contributed by atoms with E-state index in [2.05, 4.69) is 10.2 Å². The number of hydrogen-bond donors (Lipinski definition) is 1. The molecule has 70 valence electrons. The lowest BCUT2D eigenvalue weighted by molar-refractivity contribution is 0.0854. The van der Waals surface area contributed by atoms with Gasteiger partial charge in [0, 0.05) is 18.1 Å². The number of rotatable bonds is 1. The molecule has 0 amide bonds. The standard InChI is InChI=1S/C8H11N3OS/c12-6-3-4-13-8-10-9-7(11(6)8)5-1-2-5/h5-6,12H,1-4H2. The van der Waals surface area contributed by atoms with E-state index in [1.165, 1.54) is 12.8 Å². The number of aliphatic hydroxyl groups excluding tert-OH is 1. The third-order valence-corrected chi connectivity index (χ3v) is 3.52. The Morgan fingerprint density at radius 2 is 2.15 bits per heavy atom. The van der Waals surface area contributed by atoms with Gasteiger partial charge in [-0.3, -0.25) is 4.57 Å². The maximum Gasteiger partial charge on any atom is 0.193 e. The van der Waals surface area contributed by atoms with Gasteiger partial charge in [-0.15, -0.1) is 10.2 Å². The summed E-state index contributed by atoms with van der Waals surface area (Å²) in [6.07, 6.45) is 2.84. The van der Waals surface area contributed by atoms with Crippen molar-refractivity contribution >= 4 is 11.8 Å². The van der Waals surface area contributed by atoms with Crippen molar-refractivity contribution in [1.82, 2.24) is 14.8 Å². The van der Waals surface area contributed by atoms with Gasteiger partial charge in [0.1, 0.15) is 12.1 Å². The maximum absolute atomic E-state index is 9.78. The van der Waals surface area contributed by atoms with Gasteiger partial charge in [0.2, 0.25) is 0 Å². The van der Waals surface area contributed by atoms with Crippen LogP contribution in [0.15, 0.2) is 5.16 Å². The molecule has 1 aromatic heterocycles. The van der Waals surface area contributed by atoms with E-state index in [4.69, 9.17) is 0 Å². The quantitative estimate of drug-likeness (QED) is 0.733. The lowest BCUT2D eigenvalue weighted by atomic mass is 10.3. The van der Waals surface area contributed by atoms with Gasteiger partial charge in [-0.05, 0) is 12.8 Å². The first-order valence-electron chi connectivity index (χ1n) is 4.62. The Bertz CT molecular complexity index is 334. The Labute approximate surface area is 80.4 Å². The van der Waals surface area contributed by atoms with E-state index >= 15 is 0 Å². The molecule has 1 fully saturated rings. The molecule has 0 aromatic carbocycles. The lowest BCUT2D eigenvalue weighted by Gasteiger charge is -2.20. The summed E-state index contributed by atoms with van der Waals surface area (Å²) in [5.74, 6) is 2.51. The highest BCUT2D eigenvalue weighted by Gasteiger charge is 2.33. The van der Waals surface area contributed by atoms with Crippen LogP contribution >= 0.6 is 11.8 Å². The van der Waals surface area contributed by atoms with Crippen molar-refractivity contribution in [3.05, 3.63) is 5.82 Å². The molecule has 0 spiro atoms. The summed E-state index contributed by atoms with van der Waals surface area (Å²) >= 11 is 1.69. The second kappa shape index (κ2) is 2.72. The normalized spacial score (nSPS) is 27.3. The summed E-state index contributed by atoms with van der Waals surface area (Å²) in [4.78, 5) is 0. The zero-order chi connectivity index (χ0) is 8.84. The van der Waals surface area contributed by atoms with Crippen LogP contribution in [0.3, 0.4) is 0 Å². The summed E-state index contributed by atoms with van der Waals surface area (Å²) in [6, 6.07) is 0. The first kappa shape index (κ1) is 7.82. The van der Waals surface area contributed by atoms with Crippen LogP contribution in [-0.4, -0.2) is 25.6 Å². The minimum Gasteiger partial charge on any atom is -0.373 e. The van der Waals surface area contributed by atoms with Crippen LogP contribution in [0.25, 0.3) is 0 Å². The molecule has 0 saturated heterocycles. The van der Waals surface area contributed by atoms with Crippen molar-refractivity contribution in [1.29, 1.82) is 0 Å². The molecule has 1 N–H and O–H groups in total. The van der Waals surface area contributed by atoms with Crippen LogP contribution in [0.4, 0.5) is 0 Å². The first-order chi connectivity index (χ1) is 6.36. The molecule has 1 unspecified atom stereocenters. The van der Waals surface area contributed by atoms with Crippen LogP contribution < -0.4 is 0 Å². The fourth-order valence-electron chi connectivity index (χ4n) is 1.67. The molecule has 0 bridgehead atoms. The van der Waals surface area contributed by atoms with Crippen molar-refractivity contribution in [3.8, 4) is 0 Å². The van der Waals surface area contributed by atoms with E-state index in [1.807, 2.05) is 4.57 Å². The Kier molecular flexibility index (Phi) is 1.63. The summed E-state index contributed by atoms with van der Waals surface area (Å²) in [6.45, 7) is 0.